The summed E-state index contributed by atoms with van der Waals surface area (Å²) in [6, 6.07) is 18.6. The topological polar surface area (TPSA) is 32.6 Å². The van der Waals surface area contributed by atoms with E-state index in [0.29, 0.717) is 11.7 Å². The molecule has 2 aromatic carbocycles. The van der Waals surface area contributed by atoms with Gasteiger partial charge in [-0.25, -0.2) is 0 Å². The van der Waals surface area contributed by atoms with Gasteiger partial charge in [-0.1, -0.05) is 61.0 Å². The fourth-order valence-electron chi connectivity index (χ4n) is 1.87. The molecule has 1 aliphatic carbocycles. The first kappa shape index (κ1) is 16.1. The molecule has 0 saturated carbocycles. The van der Waals surface area contributed by atoms with Gasteiger partial charge in [0.05, 0.1) is 5.69 Å². The van der Waals surface area contributed by atoms with Crippen LogP contribution in [0.15, 0.2) is 88.9 Å². The van der Waals surface area contributed by atoms with Gasteiger partial charge in [0.1, 0.15) is 5.75 Å². The van der Waals surface area contributed by atoms with E-state index in [1.54, 1.807) is 24.3 Å². The highest BCUT2D eigenvalue weighted by Gasteiger charge is 2.09. The van der Waals surface area contributed by atoms with Gasteiger partial charge in [0.2, 0.25) is 0 Å². The van der Waals surface area contributed by atoms with Crippen LogP contribution in [-0.2, 0) is 0 Å². The molecule has 0 aliphatic heterocycles. The van der Waals surface area contributed by atoms with Gasteiger partial charge < -0.3 is 5.11 Å². The molecule has 1 atom stereocenters. The Kier molecular flexibility index (Phi) is 5.99. The van der Waals surface area contributed by atoms with Crippen molar-refractivity contribution in [2.24, 2.45) is 10.9 Å². The summed E-state index contributed by atoms with van der Waals surface area (Å²) in [6.07, 6.45) is 5.89. The standard InChI is InChI=1S/C13H12ClN.C6H6O/c1-10-7-8-11(14)9-13(10)15-12-5-3-2-4-6-12;7-6-4-2-1-3-5-6/h2-10H,1H3;1-5,7H. The monoisotopic (exact) mass is 311 g/mol. The highest BCUT2D eigenvalue weighted by Crippen LogP contribution is 2.20. The number of nitrogens with zero attached hydrogens (tertiary/aromatic N) is 1. The van der Waals surface area contributed by atoms with Gasteiger partial charge in [-0.15, -0.1) is 0 Å². The SMILES string of the molecule is CC1C=CC(Cl)=CC1=Nc1ccccc1.Oc1ccccc1. The smallest absolute Gasteiger partial charge is 0.115 e. The van der Waals surface area contributed by atoms with E-state index in [1.165, 1.54) is 0 Å². The van der Waals surface area contributed by atoms with Crippen molar-refractivity contribution in [1.82, 2.24) is 0 Å². The van der Waals surface area contributed by atoms with Gasteiger partial charge >= 0.3 is 0 Å². The van der Waals surface area contributed by atoms with Crippen molar-refractivity contribution in [3.05, 3.63) is 83.9 Å². The summed E-state index contributed by atoms with van der Waals surface area (Å²) < 4.78 is 0. The van der Waals surface area contributed by atoms with Crippen LogP contribution in [0, 0.1) is 5.92 Å². The molecule has 2 aromatic rings. The van der Waals surface area contributed by atoms with Crippen LogP contribution in [0.4, 0.5) is 5.69 Å². The Hall–Kier alpha value is -2.32. The molecule has 0 saturated heterocycles. The lowest BCUT2D eigenvalue weighted by molar-refractivity contribution is 0.475. The normalized spacial score (nSPS) is 18.4. The minimum atomic E-state index is 0.322. The molecular weight excluding hydrogens is 294 g/mol. The Morgan fingerprint density at radius 2 is 1.55 bits per heavy atom. The quantitative estimate of drug-likeness (QED) is 0.743. The molecule has 3 rings (SSSR count). The van der Waals surface area contributed by atoms with Crippen LogP contribution in [0.5, 0.6) is 5.75 Å². The first-order valence-corrected chi connectivity index (χ1v) is 7.46. The molecule has 3 heteroatoms. The average Bonchev–Trinajstić information content (AvgIpc) is 2.53. The zero-order valence-corrected chi connectivity index (χ0v) is 13.1. The number of para-hydroxylation sites is 2. The van der Waals surface area contributed by atoms with Gasteiger partial charge in [0.15, 0.2) is 0 Å². The molecule has 22 heavy (non-hydrogen) atoms. The highest BCUT2D eigenvalue weighted by molar-refractivity contribution is 6.33. The number of allylic oxidation sites excluding steroid dienone is 4. The van der Waals surface area contributed by atoms with Crippen molar-refractivity contribution in [1.29, 1.82) is 0 Å². The highest BCUT2D eigenvalue weighted by atomic mass is 35.5. The Labute approximate surface area is 136 Å². The number of aromatic hydroxyl groups is 1. The number of aliphatic imine (C=N–C) groups is 1. The molecule has 0 heterocycles. The second-order valence-electron chi connectivity index (χ2n) is 4.88. The second kappa shape index (κ2) is 8.20. The lowest BCUT2D eigenvalue weighted by Gasteiger charge is -2.11. The van der Waals surface area contributed by atoms with Gasteiger partial charge in [0, 0.05) is 16.7 Å². The van der Waals surface area contributed by atoms with Gasteiger partial charge in [-0.05, 0) is 36.4 Å². The minimum Gasteiger partial charge on any atom is -0.508 e. The molecule has 0 amide bonds. The average molecular weight is 312 g/mol. The molecule has 1 N–H and O–H groups in total. The van der Waals surface area contributed by atoms with Crippen LogP contribution in [0.1, 0.15) is 6.92 Å². The van der Waals surface area contributed by atoms with E-state index in [2.05, 4.69) is 18.0 Å². The predicted molar refractivity (Wildman–Crippen MR) is 93.9 cm³/mol. The minimum absolute atomic E-state index is 0.322. The maximum atomic E-state index is 8.63. The molecule has 0 spiro atoms. The van der Waals surface area contributed by atoms with Crippen LogP contribution in [0.2, 0.25) is 0 Å². The van der Waals surface area contributed by atoms with Crippen LogP contribution in [0.25, 0.3) is 0 Å². The molecule has 0 bridgehead atoms. The molecule has 112 valence electrons. The largest absolute Gasteiger partial charge is 0.508 e. The van der Waals surface area contributed by atoms with E-state index >= 15 is 0 Å². The number of benzene rings is 2. The van der Waals surface area contributed by atoms with Gasteiger partial charge in [-0.3, -0.25) is 4.99 Å². The number of rotatable bonds is 1. The number of hydrogen-bond donors (Lipinski definition) is 1. The summed E-state index contributed by atoms with van der Waals surface area (Å²) in [5.41, 5.74) is 1.98. The zero-order valence-electron chi connectivity index (χ0n) is 12.4. The lowest BCUT2D eigenvalue weighted by atomic mass is 10.0. The Morgan fingerprint density at radius 3 is 2.09 bits per heavy atom. The van der Waals surface area contributed by atoms with Gasteiger partial charge in [-0.2, -0.15) is 0 Å². The summed E-state index contributed by atoms with van der Waals surface area (Å²) in [6.45, 7) is 2.11. The fourth-order valence-corrected chi connectivity index (χ4v) is 2.05. The lowest BCUT2D eigenvalue weighted by Crippen LogP contribution is -2.08. The van der Waals surface area contributed by atoms with Crippen LogP contribution in [0.3, 0.4) is 0 Å². The van der Waals surface area contributed by atoms with E-state index < -0.39 is 0 Å². The van der Waals surface area contributed by atoms with Crippen LogP contribution < -0.4 is 0 Å². The number of phenols is 1. The maximum Gasteiger partial charge on any atom is 0.115 e. The Morgan fingerprint density at radius 1 is 0.955 bits per heavy atom. The summed E-state index contributed by atoms with van der Waals surface area (Å²) >= 11 is 5.94. The van der Waals surface area contributed by atoms with Crippen LogP contribution in [-0.4, -0.2) is 10.8 Å². The zero-order chi connectivity index (χ0) is 15.8. The number of hydrogen-bond acceptors (Lipinski definition) is 2. The van der Waals surface area contributed by atoms with Crippen molar-refractivity contribution in [3.63, 3.8) is 0 Å². The number of phenolic OH excluding ortho intramolecular Hbond substituents is 1. The Balaban J connectivity index is 0.000000211. The summed E-state index contributed by atoms with van der Waals surface area (Å²) in [5, 5.41) is 9.37. The van der Waals surface area contributed by atoms with Gasteiger partial charge in [0.25, 0.3) is 0 Å². The van der Waals surface area contributed by atoms with Crippen molar-refractivity contribution in [3.8, 4) is 5.75 Å². The Bertz CT molecular complexity index is 675. The van der Waals surface area contributed by atoms with E-state index in [0.717, 1.165) is 16.4 Å². The maximum absolute atomic E-state index is 8.63. The summed E-state index contributed by atoms with van der Waals surface area (Å²) in [4.78, 5) is 4.55. The third-order valence-corrected chi connectivity index (χ3v) is 3.30. The summed E-state index contributed by atoms with van der Waals surface area (Å²) in [7, 11) is 0. The molecule has 0 fully saturated rings. The fraction of sp³-hybridized carbons (Fsp3) is 0.105. The molecule has 1 unspecified atom stereocenters. The molecule has 2 nitrogen and oxygen atoms in total. The first-order chi connectivity index (χ1) is 10.6. The molecule has 0 radical (unpaired) electrons. The number of halogens is 1. The van der Waals surface area contributed by atoms with Crippen molar-refractivity contribution >= 4 is 23.0 Å². The van der Waals surface area contributed by atoms with Crippen LogP contribution >= 0.6 is 11.6 Å². The molecular formula is C19H18ClNO. The van der Waals surface area contributed by atoms with Crippen molar-refractivity contribution in [2.75, 3.05) is 0 Å². The third kappa shape index (κ3) is 5.23. The van der Waals surface area contributed by atoms with Crippen molar-refractivity contribution in [2.45, 2.75) is 6.92 Å². The van der Waals surface area contributed by atoms with E-state index in [-0.39, 0.29) is 0 Å². The first-order valence-electron chi connectivity index (χ1n) is 7.08. The third-order valence-electron chi connectivity index (χ3n) is 3.07. The van der Waals surface area contributed by atoms with E-state index in [9.17, 15) is 0 Å². The summed E-state index contributed by atoms with van der Waals surface area (Å²) in [5.74, 6) is 0.648. The van der Waals surface area contributed by atoms with E-state index in [4.69, 9.17) is 16.7 Å². The second-order valence-corrected chi connectivity index (χ2v) is 5.32. The van der Waals surface area contributed by atoms with Crippen molar-refractivity contribution < 1.29 is 5.11 Å². The van der Waals surface area contributed by atoms with E-state index in [1.807, 2.05) is 48.6 Å². The molecule has 1 aliphatic rings. The molecule has 0 aromatic heterocycles. The predicted octanol–water partition coefficient (Wildman–Crippen LogP) is 5.48.